The number of benzene rings is 1. The maximum Gasteiger partial charge on any atom is 0.252 e. The van der Waals surface area contributed by atoms with E-state index in [9.17, 15) is 15.0 Å². The number of nitrogens with one attached hydrogen (secondary N) is 1. The largest absolute Gasteiger partial charge is 0.504 e. The van der Waals surface area contributed by atoms with Crippen LogP contribution in [0.1, 0.15) is 42.5 Å². The fourth-order valence-corrected chi connectivity index (χ4v) is 2.80. The molecule has 0 saturated heterocycles. The van der Waals surface area contributed by atoms with Crippen molar-refractivity contribution in [3.63, 3.8) is 0 Å². The smallest absolute Gasteiger partial charge is 0.252 e. The number of aromatic hydroxyl groups is 2. The van der Waals surface area contributed by atoms with E-state index in [4.69, 9.17) is 18.0 Å². The number of rotatable bonds is 3. The maximum atomic E-state index is 12.3. The molecule has 0 heterocycles. The molecular weight excluding hydrogens is 276 g/mol. The number of phenolic OH excluding ortho intramolecular Hbond substituents is 2. The van der Waals surface area contributed by atoms with Gasteiger partial charge in [-0.3, -0.25) is 4.79 Å². The molecule has 1 aromatic rings. The van der Waals surface area contributed by atoms with Crippen LogP contribution in [0.4, 0.5) is 0 Å². The highest BCUT2D eigenvalue weighted by Crippen LogP contribution is 2.30. The summed E-state index contributed by atoms with van der Waals surface area (Å²) in [6.45, 7) is 0. The Kier molecular flexibility index (Phi) is 4.13. The number of nitrogens with two attached hydrogens (primary N) is 1. The van der Waals surface area contributed by atoms with Crippen molar-refractivity contribution in [2.24, 2.45) is 5.73 Å². The quantitative estimate of drug-likeness (QED) is 0.504. The second-order valence-corrected chi connectivity index (χ2v) is 5.60. The summed E-state index contributed by atoms with van der Waals surface area (Å²) in [5, 5.41) is 21.6. The second kappa shape index (κ2) is 5.66. The van der Waals surface area contributed by atoms with Crippen molar-refractivity contribution < 1.29 is 15.0 Å². The predicted octanol–water partition coefficient (Wildman–Crippen LogP) is 1.82. The average Bonchev–Trinajstić information content (AvgIpc) is 2.42. The summed E-state index contributed by atoms with van der Waals surface area (Å²) < 4.78 is 0. The first kappa shape index (κ1) is 14.6. The van der Waals surface area contributed by atoms with E-state index in [0.29, 0.717) is 4.99 Å². The highest BCUT2D eigenvalue weighted by atomic mass is 32.1. The van der Waals surface area contributed by atoms with Crippen molar-refractivity contribution in [1.29, 1.82) is 0 Å². The molecule has 0 spiro atoms. The molecule has 1 aliphatic carbocycles. The molecule has 2 rings (SSSR count). The third-order valence-corrected chi connectivity index (χ3v) is 4.16. The Labute approximate surface area is 122 Å². The lowest BCUT2D eigenvalue weighted by Gasteiger charge is -2.37. The molecule has 0 aliphatic heterocycles. The van der Waals surface area contributed by atoms with Crippen LogP contribution in [-0.2, 0) is 0 Å². The number of carbonyl (C=O) groups is 1. The van der Waals surface area contributed by atoms with Crippen LogP contribution in [0.5, 0.6) is 11.5 Å². The first-order valence-electron chi connectivity index (χ1n) is 6.59. The van der Waals surface area contributed by atoms with Gasteiger partial charge in [-0.25, -0.2) is 0 Å². The van der Waals surface area contributed by atoms with Gasteiger partial charge >= 0.3 is 0 Å². The van der Waals surface area contributed by atoms with Gasteiger partial charge in [0.05, 0.1) is 10.5 Å². The minimum Gasteiger partial charge on any atom is -0.504 e. The first-order valence-corrected chi connectivity index (χ1v) is 7.00. The van der Waals surface area contributed by atoms with Gasteiger partial charge in [0.15, 0.2) is 11.5 Å². The zero-order valence-electron chi connectivity index (χ0n) is 11.1. The van der Waals surface area contributed by atoms with E-state index < -0.39 is 5.54 Å². The molecule has 1 fully saturated rings. The third-order valence-electron chi connectivity index (χ3n) is 3.77. The Morgan fingerprint density at radius 1 is 1.20 bits per heavy atom. The molecule has 6 heteroatoms. The highest BCUT2D eigenvalue weighted by Gasteiger charge is 2.36. The molecule has 1 saturated carbocycles. The van der Waals surface area contributed by atoms with Crippen LogP contribution >= 0.6 is 12.2 Å². The second-order valence-electron chi connectivity index (χ2n) is 5.16. The monoisotopic (exact) mass is 294 g/mol. The molecule has 1 aliphatic rings. The van der Waals surface area contributed by atoms with Crippen LogP contribution in [0.25, 0.3) is 0 Å². The molecule has 1 aromatic carbocycles. The lowest BCUT2D eigenvalue weighted by molar-refractivity contribution is 0.0908. The zero-order chi connectivity index (χ0) is 14.8. The molecule has 0 radical (unpaired) electrons. The topological polar surface area (TPSA) is 95.6 Å². The Bertz CT molecular complexity index is 539. The fraction of sp³-hybridized carbons (Fsp3) is 0.429. The molecule has 0 atom stereocenters. The van der Waals surface area contributed by atoms with Crippen molar-refractivity contribution in [3.05, 3.63) is 23.8 Å². The van der Waals surface area contributed by atoms with E-state index in [1.807, 2.05) is 0 Å². The van der Waals surface area contributed by atoms with Crippen LogP contribution in [0.3, 0.4) is 0 Å². The minimum absolute atomic E-state index is 0.261. The molecule has 1 amide bonds. The van der Waals surface area contributed by atoms with E-state index >= 15 is 0 Å². The molecule has 0 bridgehead atoms. The molecular formula is C14H18N2O3S. The van der Waals surface area contributed by atoms with Crippen molar-refractivity contribution in [2.75, 3.05) is 0 Å². The average molecular weight is 294 g/mol. The van der Waals surface area contributed by atoms with Gasteiger partial charge in [0.1, 0.15) is 0 Å². The van der Waals surface area contributed by atoms with Gasteiger partial charge in [-0.2, -0.15) is 0 Å². The number of amides is 1. The van der Waals surface area contributed by atoms with Gasteiger partial charge in [-0.1, -0.05) is 31.5 Å². The standard InChI is InChI=1S/C14H18N2O3S/c15-13(20)14(6-2-1-3-7-14)16-12(19)9-4-5-10(17)11(18)8-9/h4-5,8,17-18H,1-3,6-7H2,(H2,15,20)(H,16,19). The van der Waals surface area contributed by atoms with Gasteiger partial charge in [0.2, 0.25) is 0 Å². The summed E-state index contributed by atoms with van der Waals surface area (Å²) in [7, 11) is 0. The van der Waals surface area contributed by atoms with E-state index in [-0.39, 0.29) is 23.0 Å². The van der Waals surface area contributed by atoms with Gasteiger partial charge in [0, 0.05) is 5.56 Å². The lowest BCUT2D eigenvalue weighted by Crippen LogP contribution is -2.57. The van der Waals surface area contributed by atoms with E-state index in [1.54, 1.807) is 0 Å². The van der Waals surface area contributed by atoms with Gasteiger partial charge in [-0.05, 0) is 31.0 Å². The Balaban J connectivity index is 2.20. The van der Waals surface area contributed by atoms with Gasteiger partial charge in [0.25, 0.3) is 5.91 Å². The summed E-state index contributed by atoms with van der Waals surface area (Å²) in [5.41, 5.74) is 5.43. The normalized spacial score (nSPS) is 17.4. The third kappa shape index (κ3) is 2.85. The minimum atomic E-state index is -0.641. The molecule has 108 valence electrons. The maximum absolute atomic E-state index is 12.3. The lowest BCUT2D eigenvalue weighted by atomic mass is 9.81. The molecule has 5 nitrogen and oxygen atoms in total. The molecule has 20 heavy (non-hydrogen) atoms. The summed E-state index contributed by atoms with van der Waals surface area (Å²) in [6.07, 6.45) is 4.52. The predicted molar refractivity (Wildman–Crippen MR) is 79.8 cm³/mol. The van der Waals surface area contributed by atoms with Crippen molar-refractivity contribution in [1.82, 2.24) is 5.32 Å². The van der Waals surface area contributed by atoms with Gasteiger partial charge in [-0.15, -0.1) is 0 Å². The van der Waals surface area contributed by atoms with Gasteiger partial charge < -0.3 is 21.3 Å². The van der Waals surface area contributed by atoms with Crippen LogP contribution in [0.2, 0.25) is 0 Å². The number of phenols is 2. The van der Waals surface area contributed by atoms with E-state index in [2.05, 4.69) is 5.32 Å². The van der Waals surface area contributed by atoms with E-state index in [0.717, 1.165) is 32.1 Å². The Morgan fingerprint density at radius 2 is 1.85 bits per heavy atom. The number of thiocarbonyl (C=S) groups is 1. The van der Waals surface area contributed by atoms with Crippen LogP contribution in [0.15, 0.2) is 18.2 Å². The molecule has 0 unspecified atom stereocenters. The van der Waals surface area contributed by atoms with Crippen LogP contribution < -0.4 is 11.1 Å². The molecule has 5 N–H and O–H groups in total. The Hall–Kier alpha value is -1.82. The first-order chi connectivity index (χ1) is 9.44. The van der Waals surface area contributed by atoms with Crippen LogP contribution in [0, 0.1) is 0 Å². The van der Waals surface area contributed by atoms with Crippen molar-refractivity contribution in [2.45, 2.75) is 37.6 Å². The summed E-state index contributed by atoms with van der Waals surface area (Å²) in [5.74, 6) is -0.941. The number of carbonyl (C=O) groups excluding carboxylic acids is 1. The highest BCUT2D eigenvalue weighted by molar-refractivity contribution is 7.80. The summed E-state index contributed by atoms with van der Waals surface area (Å²) in [6, 6.07) is 3.94. The number of hydrogen-bond acceptors (Lipinski definition) is 4. The molecule has 0 aromatic heterocycles. The fourth-order valence-electron chi connectivity index (χ4n) is 2.54. The van der Waals surface area contributed by atoms with Crippen molar-refractivity contribution >= 4 is 23.1 Å². The summed E-state index contributed by atoms with van der Waals surface area (Å²) >= 11 is 5.12. The van der Waals surface area contributed by atoms with E-state index in [1.165, 1.54) is 18.2 Å². The SMILES string of the molecule is NC(=S)C1(NC(=O)c2ccc(O)c(O)c2)CCCCC1. The Morgan fingerprint density at radius 3 is 2.40 bits per heavy atom. The zero-order valence-corrected chi connectivity index (χ0v) is 11.9. The van der Waals surface area contributed by atoms with Crippen molar-refractivity contribution in [3.8, 4) is 11.5 Å². The summed E-state index contributed by atoms with van der Waals surface area (Å²) in [4.78, 5) is 12.6. The number of hydrogen-bond donors (Lipinski definition) is 4. The van der Waals surface area contributed by atoms with Crippen LogP contribution in [-0.4, -0.2) is 26.6 Å².